The predicted octanol–water partition coefficient (Wildman–Crippen LogP) is 5.68. The van der Waals surface area contributed by atoms with Crippen LogP contribution < -0.4 is 15.4 Å². The molecule has 0 unspecified atom stereocenters. The predicted molar refractivity (Wildman–Crippen MR) is 140 cm³/mol. The van der Waals surface area contributed by atoms with E-state index in [2.05, 4.69) is 42.6 Å². The van der Waals surface area contributed by atoms with Crippen molar-refractivity contribution in [1.82, 2.24) is 14.9 Å². The highest BCUT2D eigenvalue weighted by atomic mass is 28.3. The lowest BCUT2D eigenvalue weighted by Gasteiger charge is -2.33. The topological polar surface area (TPSA) is 86.6 Å². The van der Waals surface area contributed by atoms with Gasteiger partial charge in [-0.25, -0.2) is 18.6 Å². The van der Waals surface area contributed by atoms with E-state index in [1.165, 1.54) is 12.1 Å². The number of rotatable bonds is 11. The normalized spacial score (nSPS) is 14.7. The van der Waals surface area contributed by atoms with Gasteiger partial charge in [-0.1, -0.05) is 26.9 Å². The largest absolute Gasteiger partial charge is 0.453 e. The highest BCUT2D eigenvalue weighted by Crippen LogP contribution is 2.37. The zero-order valence-electron chi connectivity index (χ0n) is 21.6. The quantitative estimate of drug-likeness (QED) is 0.246. The summed E-state index contributed by atoms with van der Waals surface area (Å²) >= 11 is 0. The number of urea groups is 1. The van der Waals surface area contributed by atoms with Crippen LogP contribution in [0.3, 0.4) is 0 Å². The van der Waals surface area contributed by atoms with Crippen molar-refractivity contribution in [2.75, 3.05) is 31.7 Å². The lowest BCUT2D eigenvalue weighted by Crippen LogP contribution is -2.54. The van der Waals surface area contributed by atoms with Crippen molar-refractivity contribution in [2.24, 2.45) is 0 Å². The first kappa shape index (κ1) is 27.0. The lowest BCUT2D eigenvalue weighted by atomic mass is 10.0. The Morgan fingerprint density at radius 1 is 1.27 bits per heavy atom. The fourth-order valence-corrected chi connectivity index (χ4v) is 4.45. The Labute approximate surface area is 216 Å². The molecule has 0 bridgehead atoms. The monoisotopic (exact) mass is 531 g/mol. The van der Waals surface area contributed by atoms with Gasteiger partial charge in [0.05, 0.1) is 25.1 Å². The summed E-state index contributed by atoms with van der Waals surface area (Å²) in [4.78, 5) is 16.6. The smallest absolute Gasteiger partial charge is 0.319 e. The molecule has 1 fully saturated rings. The van der Waals surface area contributed by atoms with Crippen molar-refractivity contribution in [1.29, 1.82) is 0 Å². The summed E-state index contributed by atoms with van der Waals surface area (Å²) < 4.78 is 47.6. The molecular formula is C26H33F2N4O4Si. The first-order valence-electron chi connectivity index (χ1n) is 12.3. The van der Waals surface area contributed by atoms with E-state index in [0.29, 0.717) is 24.7 Å². The standard InChI is InChI=1S/C26H33F2N4O4Si/c1-17(2)19-12-32(16-34-9-10-37(3)4)24-23(19)22(7-8-29-24)36-21-6-5-18(11-20(21)27)31-25(33)30-13-26(28)14-35-15-26/h5-8,11-12,17H,9-10,13-16H2,1-4H3,(H2,30,31,33). The van der Waals surface area contributed by atoms with Crippen LogP contribution in [-0.4, -0.2) is 56.4 Å². The number of anilines is 1. The Morgan fingerprint density at radius 2 is 2.05 bits per heavy atom. The molecule has 199 valence electrons. The molecule has 1 saturated heterocycles. The first-order chi connectivity index (χ1) is 17.6. The van der Waals surface area contributed by atoms with Crippen molar-refractivity contribution in [3.8, 4) is 11.5 Å². The average molecular weight is 532 g/mol. The highest BCUT2D eigenvalue weighted by Gasteiger charge is 2.39. The third-order valence-electron chi connectivity index (χ3n) is 6.04. The van der Waals surface area contributed by atoms with Gasteiger partial charge >= 0.3 is 6.03 Å². The van der Waals surface area contributed by atoms with E-state index >= 15 is 0 Å². The van der Waals surface area contributed by atoms with Crippen LogP contribution in [-0.2, 0) is 16.2 Å². The van der Waals surface area contributed by atoms with E-state index in [4.69, 9.17) is 14.2 Å². The van der Waals surface area contributed by atoms with Crippen LogP contribution in [0, 0.1) is 5.82 Å². The minimum Gasteiger partial charge on any atom is -0.453 e. The minimum absolute atomic E-state index is 0.00654. The summed E-state index contributed by atoms with van der Waals surface area (Å²) in [7, 11) is -0.353. The number of carbonyl (C=O) groups is 1. The molecule has 1 aromatic carbocycles. The van der Waals surface area contributed by atoms with Gasteiger partial charge in [-0.15, -0.1) is 0 Å². The van der Waals surface area contributed by atoms with E-state index in [0.717, 1.165) is 23.1 Å². The zero-order valence-corrected chi connectivity index (χ0v) is 22.6. The Morgan fingerprint density at radius 3 is 2.70 bits per heavy atom. The van der Waals surface area contributed by atoms with Crippen LogP contribution in [0.25, 0.3) is 11.0 Å². The summed E-state index contributed by atoms with van der Waals surface area (Å²) in [5.41, 5.74) is 0.397. The number of aromatic nitrogens is 2. The molecule has 3 aromatic rings. The molecule has 2 aromatic heterocycles. The van der Waals surface area contributed by atoms with Crippen LogP contribution >= 0.6 is 0 Å². The molecule has 3 heterocycles. The van der Waals surface area contributed by atoms with Gasteiger partial charge in [0.15, 0.2) is 17.2 Å². The maximum absolute atomic E-state index is 14.9. The van der Waals surface area contributed by atoms with Gasteiger partial charge in [-0.2, -0.15) is 0 Å². The second kappa shape index (κ2) is 11.6. The number of ether oxygens (including phenoxy) is 3. The van der Waals surface area contributed by atoms with E-state index in [-0.39, 0.29) is 45.9 Å². The fraction of sp³-hybridized carbons (Fsp3) is 0.462. The molecule has 1 radical (unpaired) electrons. The number of nitrogens with one attached hydrogen (secondary N) is 2. The molecule has 0 spiro atoms. The Balaban J connectivity index is 1.48. The summed E-state index contributed by atoms with van der Waals surface area (Å²) in [6.45, 7) is 9.46. The average Bonchev–Trinajstić information content (AvgIpc) is 3.21. The minimum atomic E-state index is -1.55. The van der Waals surface area contributed by atoms with Crippen LogP contribution in [0.4, 0.5) is 19.3 Å². The molecule has 0 atom stereocenters. The SMILES string of the molecule is CC(C)c1cn(COCC[Si](C)C)c2nccc(Oc3ccc(NC(=O)NCC4(F)COC4)cc3F)c12. The number of hydrogen-bond donors (Lipinski definition) is 2. The molecule has 37 heavy (non-hydrogen) atoms. The number of nitrogens with zero attached hydrogens (tertiary/aromatic N) is 2. The van der Waals surface area contributed by atoms with Crippen molar-refractivity contribution < 1.29 is 27.8 Å². The number of amides is 2. The second-order valence-corrected chi connectivity index (χ2v) is 12.8. The molecule has 1 aliphatic heterocycles. The molecule has 11 heteroatoms. The number of benzene rings is 1. The number of pyridine rings is 1. The number of hydrogen-bond acceptors (Lipinski definition) is 5. The molecule has 2 amide bonds. The first-order valence-corrected chi connectivity index (χ1v) is 15.0. The van der Waals surface area contributed by atoms with Crippen LogP contribution in [0.15, 0.2) is 36.7 Å². The van der Waals surface area contributed by atoms with Crippen molar-refractivity contribution >= 4 is 31.5 Å². The van der Waals surface area contributed by atoms with Crippen molar-refractivity contribution in [3.05, 3.63) is 48.0 Å². The van der Waals surface area contributed by atoms with Crippen LogP contribution in [0.5, 0.6) is 11.5 Å². The molecule has 4 rings (SSSR count). The summed E-state index contributed by atoms with van der Waals surface area (Å²) in [5, 5.41) is 5.74. The van der Waals surface area contributed by atoms with Gasteiger partial charge in [-0.3, -0.25) is 0 Å². The number of fused-ring (bicyclic) bond motifs is 1. The Bertz CT molecular complexity index is 1250. The maximum atomic E-state index is 14.9. The third-order valence-corrected chi connectivity index (χ3v) is 7.25. The zero-order chi connectivity index (χ0) is 26.6. The number of alkyl halides is 1. The van der Waals surface area contributed by atoms with E-state index in [1.54, 1.807) is 12.3 Å². The second-order valence-electron chi connectivity index (χ2n) is 9.91. The van der Waals surface area contributed by atoms with E-state index < -0.39 is 17.5 Å². The molecule has 0 saturated carbocycles. The Kier molecular flexibility index (Phi) is 8.45. The molecule has 1 aliphatic rings. The van der Waals surface area contributed by atoms with Gasteiger partial charge in [-0.05, 0) is 35.7 Å². The van der Waals surface area contributed by atoms with Crippen LogP contribution in [0.1, 0.15) is 25.3 Å². The third kappa shape index (κ3) is 6.65. The highest BCUT2D eigenvalue weighted by molar-refractivity contribution is 6.55. The lowest BCUT2D eigenvalue weighted by molar-refractivity contribution is -0.125. The summed E-state index contributed by atoms with van der Waals surface area (Å²) in [5.74, 6) is 0.0180. The molecular weight excluding hydrogens is 498 g/mol. The number of carbonyl (C=O) groups excluding carboxylic acids is 1. The van der Waals surface area contributed by atoms with Crippen LogP contribution in [0.2, 0.25) is 19.1 Å². The Hall–Kier alpha value is -3.02. The van der Waals surface area contributed by atoms with Gasteiger partial charge in [0.1, 0.15) is 18.1 Å². The van der Waals surface area contributed by atoms with Crippen molar-refractivity contribution in [2.45, 2.75) is 51.3 Å². The van der Waals surface area contributed by atoms with Gasteiger partial charge in [0, 0.05) is 39.6 Å². The van der Waals surface area contributed by atoms with Gasteiger partial charge < -0.3 is 29.4 Å². The molecule has 2 N–H and O–H groups in total. The van der Waals surface area contributed by atoms with E-state index in [9.17, 15) is 13.6 Å². The van der Waals surface area contributed by atoms with Crippen molar-refractivity contribution in [3.63, 3.8) is 0 Å². The maximum Gasteiger partial charge on any atom is 0.319 e. The molecule has 8 nitrogen and oxygen atoms in total. The van der Waals surface area contributed by atoms with Gasteiger partial charge in [0.2, 0.25) is 0 Å². The summed E-state index contributed by atoms with van der Waals surface area (Å²) in [6.07, 6.45) is 3.64. The fourth-order valence-electron chi connectivity index (χ4n) is 3.90. The summed E-state index contributed by atoms with van der Waals surface area (Å²) in [6, 6.07) is 6.27. The van der Waals surface area contributed by atoms with Gasteiger partial charge in [0.25, 0.3) is 0 Å². The number of halogens is 2. The molecule has 0 aliphatic carbocycles. The van der Waals surface area contributed by atoms with E-state index in [1.807, 2.05) is 10.8 Å².